The predicted octanol–water partition coefficient (Wildman–Crippen LogP) is 4.77. The first-order valence-electron chi connectivity index (χ1n) is 9.07. The number of para-hydroxylation sites is 1. The monoisotopic (exact) mass is 445 g/mol. The number of carbonyl (C=O) groups excluding carboxylic acids is 1. The lowest BCUT2D eigenvalue weighted by molar-refractivity contribution is -0.137. The highest BCUT2D eigenvalue weighted by Crippen LogP contribution is 2.34. The first kappa shape index (κ1) is 21.9. The van der Waals surface area contributed by atoms with Gasteiger partial charge in [0.25, 0.3) is 0 Å². The maximum absolute atomic E-state index is 13.0. The molecule has 0 radical (unpaired) electrons. The second-order valence-electron chi connectivity index (χ2n) is 6.89. The minimum atomic E-state index is -4.51. The molecule has 3 rings (SSSR count). The van der Waals surface area contributed by atoms with Crippen molar-refractivity contribution in [1.82, 2.24) is 9.80 Å². The van der Waals surface area contributed by atoms with Crippen LogP contribution in [0.4, 0.5) is 18.9 Å². The van der Waals surface area contributed by atoms with Crippen molar-refractivity contribution in [3.63, 3.8) is 0 Å². The third kappa shape index (κ3) is 6.09. The van der Waals surface area contributed by atoms with Crippen molar-refractivity contribution in [2.24, 2.45) is 0 Å². The van der Waals surface area contributed by atoms with E-state index in [0.717, 1.165) is 31.3 Å². The van der Waals surface area contributed by atoms with Gasteiger partial charge < -0.3 is 5.32 Å². The fraction of sp³-hybridized carbons (Fsp3) is 0.350. The van der Waals surface area contributed by atoms with Gasteiger partial charge in [-0.25, -0.2) is 0 Å². The van der Waals surface area contributed by atoms with E-state index in [1.165, 1.54) is 18.2 Å². The molecule has 0 aromatic heterocycles. The topological polar surface area (TPSA) is 35.6 Å². The first-order valence-corrected chi connectivity index (χ1v) is 9.82. The van der Waals surface area contributed by atoms with E-state index in [2.05, 4.69) is 10.2 Å². The van der Waals surface area contributed by atoms with Crippen LogP contribution >= 0.6 is 23.2 Å². The molecule has 1 amide bonds. The van der Waals surface area contributed by atoms with Gasteiger partial charge in [0.15, 0.2) is 0 Å². The van der Waals surface area contributed by atoms with Gasteiger partial charge in [0.2, 0.25) is 5.91 Å². The van der Waals surface area contributed by atoms with Gasteiger partial charge in [-0.05, 0) is 29.8 Å². The van der Waals surface area contributed by atoms with Gasteiger partial charge in [-0.3, -0.25) is 14.6 Å². The zero-order valence-electron chi connectivity index (χ0n) is 15.5. The van der Waals surface area contributed by atoms with Crippen LogP contribution in [0.1, 0.15) is 11.1 Å². The summed E-state index contributed by atoms with van der Waals surface area (Å²) in [6.07, 6.45) is -4.51. The first-order chi connectivity index (χ1) is 13.7. The van der Waals surface area contributed by atoms with Crippen LogP contribution in [0, 0.1) is 0 Å². The lowest BCUT2D eigenvalue weighted by Crippen LogP contribution is -2.48. The zero-order valence-corrected chi connectivity index (χ0v) is 17.0. The van der Waals surface area contributed by atoms with E-state index in [1.807, 2.05) is 17.0 Å². The molecule has 0 saturated carbocycles. The second-order valence-corrected chi connectivity index (χ2v) is 7.71. The average Bonchev–Trinajstić information content (AvgIpc) is 2.66. The molecule has 9 heteroatoms. The minimum Gasteiger partial charge on any atom is -0.324 e. The number of anilines is 1. The van der Waals surface area contributed by atoms with Crippen LogP contribution in [0.2, 0.25) is 10.0 Å². The van der Waals surface area contributed by atoms with E-state index < -0.39 is 17.6 Å². The normalized spacial score (nSPS) is 16.0. The number of carbonyl (C=O) groups is 1. The quantitative estimate of drug-likeness (QED) is 0.719. The van der Waals surface area contributed by atoms with Gasteiger partial charge in [0.05, 0.1) is 27.8 Å². The summed E-state index contributed by atoms with van der Waals surface area (Å²) in [5.41, 5.74) is -0.0163. The van der Waals surface area contributed by atoms with Crippen molar-refractivity contribution in [3.05, 3.63) is 63.6 Å². The lowest BCUT2D eigenvalue weighted by atomic mass is 10.1. The summed E-state index contributed by atoms with van der Waals surface area (Å²) in [6.45, 7) is 3.55. The summed E-state index contributed by atoms with van der Waals surface area (Å²) < 4.78 is 39.1. The number of amides is 1. The number of hydrogen-bond acceptors (Lipinski definition) is 3. The number of rotatable bonds is 5. The summed E-state index contributed by atoms with van der Waals surface area (Å²) in [5.74, 6) is -0.459. The third-order valence-electron chi connectivity index (χ3n) is 4.73. The molecule has 2 aromatic carbocycles. The molecular weight excluding hydrogens is 426 g/mol. The Bertz CT molecular complexity index is 868. The molecule has 0 atom stereocenters. The molecule has 2 aromatic rings. The molecule has 1 aliphatic rings. The summed E-state index contributed by atoms with van der Waals surface area (Å²) in [4.78, 5) is 16.4. The number of hydrogen-bond donors (Lipinski definition) is 1. The molecule has 156 valence electrons. The molecular formula is C20H20Cl2F3N3O. The highest BCUT2D eigenvalue weighted by atomic mass is 35.5. The highest BCUT2D eigenvalue weighted by Gasteiger charge is 2.33. The number of piperazine rings is 1. The molecule has 29 heavy (non-hydrogen) atoms. The summed E-state index contributed by atoms with van der Waals surface area (Å²) in [6, 6.07) is 10.5. The van der Waals surface area contributed by atoms with Gasteiger partial charge in [-0.1, -0.05) is 41.4 Å². The van der Waals surface area contributed by atoms with Crippen molar-refractivity contribution < 1.29 is 18.0 Å². The van der Waals surface area contributed by atoms with E-state index in [9.17, 15) is 18.0 Å². The molecule has 1 aliphatic heterocycles. The van der Waals surface area contributed by atoms with Crippen LogP contribution in [-0.4, -0.2) is 48.4 Å². The fourth-order valence-corrected chi connectivity index (χ4v) is 3.55. The van der Waals surface area contributed by atoms with Gasteiger partial charge in [0.1, 0.15) is 0 Å². The van der Waals surface area contributed by atoms with Gasteiger partial charge >= 0.3 is 6.18 Å². The van der Waals surface area contributed by atoms with Gasteiger partial charge in [-0.2, -0.15) is 13.2 Å². The number of nitrogens with one attached hydrogen (secondary N) is 1. The largest absolute Gasteiger partial charge is 0.418 e. The van der Waals surface area contributed by atoms with E-state index in [4.69, 9.17) is 23.2 Å². The highest BCUT2D eigenvalue weighted by molar-refractivity contribution is 6.42. The van der Waals surface area contributed by atoms with Crippen LogP contribution in [0.3, 0.4) is 0 Å². The number of nitrogens with zero attached hydrogens (tertiary/aromatic N) is 2. The molecule has 1 fully saturated rings. The molecule has 0 spiro atoms. The van der Waals surface area contributed by atoms with Gasteiger partial charge in [-0.15, -0.1) is 0 Å². The number of alkyl halides is 3. The summed E-state index contributed by atoms with van der Waals surface area (Å²) in [7, 11) is 0. The molecule has 4 nitrogen and oxygen atoms in total. The fourth-order valence-electron chi connectivity index (χ4n) is 3.23. The Kier molecular flexibility index (Phi) is 7.05. The Labute approximate surface area is 177 Å². The van der Waals surface area contributed by atoms with E-state index in [1.54, 1.807) is 6.07 Å². The van der Waals surface area contributed by atoms with Crippen LogP contribution in [0.15, 0.2) is 42.5 Å². The van der Waals surface area contributed by atoms with Crippen LogP contribution in [0.25, 0.3) is 0 Å². The second kappa shape index (κ2) is 9.34. The van der Waals surface area contributed by atoms with Crippen LogP contribution < -0.4 is 5.32 Å². The Morgan fingerprint density at radius 1 is 0.966 bits per heavy atom. The van der Waals surface area contributed by atoms with Crippen molar-refractivity contribution in [2.45, 2.75) is 12.7 Å². The molecule has 1 N–H and O–H groups in total. The van der Waals surface area contributed by atoms with E-state index >= 15 is 0 Å². The minimum absolute atomic E-state index is 0.0484. The Hall–Kier alpha value is -1.80. The average molecular weight is 446 g/mol. The summed E-state index contributed by atoms with van der Waals surface area (Å²) in [5, 5.41) is 3.41. The van der Waals surface area contributed by atoms with Crippen molar-refractivity contribution >= 4 is 34.8 Å². The molecule has 0 aliphatic carbocycles. The third-order valence-corrected chi connectivity index (χ3v) is 5.47. The lowest BCUT2D eigenvalue weighted by Gasteiger charge is -2.34. The van der Waals surface area contributed by atoms with Crippen LogP contribution in [0.5, 0.6) is 0 Å². The summed E-state index contributed by atoms with van der Waals surface area (Å²) >= 11 is 12.0. The predicted molar refractivity (Wildman–Crippen MR) is 108 cm³/mol. The number of benzene rings is 2. The number of halogens is 5. The Morgan fingerprint density at radius 3 is 2.28 bits per heavy atom. The molecule has 0 bridgehead atoms. The Balaban J connectivity index is 1.49. The smallest absolute Gasteiger partial charge is 0.324 e. The van der Waals surface area contributed by atoms with E-state index in [0.29, 0.717) is 23.1 Å². The maximum atomic E-state index is 13.0. The Morgan fingerprint density at radius 2 is 1.62 bits per heavy atom. The van der Waals surface area contributed by atoms with Crippen molar-refractivity contribution in [2.75, 3.05) is 38.0 Å². The molecule has 0 unspecified atom stereocenters. The standard InChI is InChI=1S/C20H20Cl2F3N3O/c21-16-6-5-14(11-17(16)22)12-27-7-9-28(10-8-27)13-19(29)26-18-4-2-1-3-15(18)20(23,24)25/h1-6,11H,7-10,12-13H2,(H,26,29). The van der Waals surface area contributed by atoms with Crippen LogP contribution in [-0.2, 0) is 17.5 Å². The maximum Gasteiger partial charge on any atom is 0.418 e. The molecule has 1 saturated heterocycles. The van der Waals surface area contributed by atoms with E-state index in [-0.39, 0.29) is 12.2 Å². The SMILES string of the molecule is O=C(CN1CCN(Cc2ccc(Cl)c(Cl)c2)CC1)Nc1ccccc1C(F)(F)F. The van der Waals surface area contributed by atoms with Crippen molar-refractivity contribution in [1.29, 1.82) is 0 Å². The van der Waals surface area contributed by atoms with Crippen molar-refractivity contribution in [3.8, 4) is 0 Å². The van der Waals surface area contributed by atoms with Gasteiger partial charge in [0, 0.05) is 32.7 Å². The zero-order chi connectivity index (χ0) is 21.0. The molecule has 1 heterocycles.